The van der Waals surface area contributed by atoms with E-state index in [1.807, 2.05) is 0 Å². The highest BCUT2D eigenvalue weighted by molar-refractivity contribution is 6.07. The quantitative estimate of drug-likeness (QED) is 0.490. The fraction of sp³-hybridized carbons (Fsp3) is 0.706. The van der Waals surface area contributed by atoms with Crippen molar-refractivity contribution in [3.05, 3.63) is 0 Å². The molecule has 0 aromatic heterocycles. The number of amides is 4. The number of likely N-dealkylation sites (N-methyl/N-ethyl adjacent to an activating group) is 1. The van der Waals surface area contributed by atoms with E-state index in [0.717, 1.165) is 17.7 Å². The molecule has 1 saturated heterocycles. The van der Waals surface area contributed by atoms with Gasteiger partial charge >= 0.3 is 5.97 Å². The molecular weight excluding hydrogens is 342 g/mol. The summed E-state index contributed by atoms with van der Waals surface area (Å²) in [4.78, 5) is 62.4. The molecule has 0 bridgehead atoms. The summed E-state index contributed by atoms with van der Waals surface area (Å²) in [5.74, 6) is -3.09. The van der Waals surface area contributed by atoms with E-state index in [0.29, 0.717) is 12.8 Å². The van der Waals surface area contributed by atoms with Crippen LogP contribution in [-0.2, 0) is 28.7 Å². The van der Waals surface area contributed by atoms with Crippen LogP contribution in [-0.4, -0.2) is 72.7 Å². The lowest BCUT2D eigenvalue weighted by atomic mass is 9.81. The topological polar surface area (TPSA) is 113 Å². The number of rotatable bonds is 6. The van der Waals surface area contributed by atoms with Crippen molar-refractivity contribution in [2.24, 2.45) is 11.8 Å². The number of hydrogen-bond acceptors (Lipinski definition) is 6. The van der Waals surface area contributed by atoms with Gasteiger partial charge in [0.2, 0.25) is 17.7 Å². The van der Waals surface area contributed by atoms with E-state index in [9.17, 15) is 24.0 Å². The molecule has 0 radical (unpaired) electrons. The number of imide groups is 1. The average molecular weight is 367 g/mol. The van der Waals surface area contributed by atoms with Crippen molar-refractivity contribution < 1.29 is 28.7 Å². The van der Waals surface area contributed by atoms with Gasteiger partial charge in [-0.3, -0.25) is 24.1 Å². The Balaban J connectivity index is 1.85. The monoisotopic (exact) mass is 367 g/mol. The second-order valence-electron chi connectivity index (χ2n) is 6.89. The molecule has 3 atom stereocenters. The van der Waals surface area contributed by atoms with Crippen molar-refractivity contribution in [1.29, 1.82) is 0 Å². The minimum absolute atomic E-state index is 0.203. The molecule has 0 aromatic rings. The Morgan fingerprint density at radius 2 is 1.69 bits per heavy atom. The summed E-state index contributed by atoms with van der Waals surface area (Å²) in [6, 6.07) is -1.07. The van der Waals surface area contributed by atoms with Gasteiger partial charge in [0.15, 0.2) is 6.61 Å². The molecule has 1 saturated carbocycles. The number of fused-ring (bicyclic) bond motifs is 1. The lowest BCUT2D eigenvalue weighted by Crippen LogP contribution is -2.45. The first kappa shape index (κ1) is 19.9. The van der Waals surface area contributed by atoms with E-state index in [4.69, 9.17) is 4.74 Å². The van der Waals surface area contributed by atoms with E-state index in [1.165, 1.54) is 11.8 Å². The van der Waals surface area contributed by atoms with Crippen molar-refractivity contribution in [1.82, 2.24) is 15.1 Å². The van der Waals surface area contributed by atoms with Gasteiger partial charge < -0.3 is 15.0 Å². The molecule has 0 unspecified atom stereocenters. The molecule has 9 nitrogen and oxygen atoms in total. The highest BCUT2D eigenvalue weighted by Crippen LogP contribution is 2.38. The zero-order valence-electron chi connectivity index (χ0n) is 15.3. The number of carbonyl (C=O) groups excluding carboxylic acids is 5. The Hall–Kier alpha value is -2.45. The Kier molecular flexibility index (Phi) is 6.33. The van der Waals surface area contributed by atoms with E-state index in [1.54, 1.807) is 14.1 Å². The van der Waals surface area contributed by atoms with Gasteiger partial charge in [0.05, 0.1) is 18.4 Å². The van der Waals surface area contributed by atoms with Crippen LogP contribution in [0.5, 0.6) is 0 Å². The molecule has 144 valence electrons. The van der Waals surface area contributed by atoms with E-state index < -0.39 is 24.5 Å². The van der Waals surface area contributed by atoms with Gasteiger partial charge in [-0.2, -0.15) is 0 Å². The van der Waals surface area contributed by atoms with Crippen molar-refractivity contribution in [3.8, 4) is 0 Å². The Bertz CT molecular complexity index is 594. The summed E-state index contributed by atoms with van der Waals surface area (Å²) < 4.78 is 4.90. The number of carbonyl (C=O) groups is 5. The maximum Gasteiger partial charge on any atom is 0.329 e. The number of ether oxygens (including phenoxy) is 1. The van der Waals surface area contributed by atoms with Crippen LogP contribution in [0.25, 0.3) is 0 Å². The summed E-state index contributed by atoms with van der Waals surface area (Å²) in [6.45, 7) is 0.640. The highest BCUT2D eigenvalue weighted by atomic mass is 16.5. The van der Waals surface area contributed by atoms with Crippen LogP contribution in [0.4, 0.5) is 0 Å². The Morgan fingerprint density at radius 3 is 2.19 bits per heavy atom. The summed E-state index contributed by atoms with van der Waals surface area (Å²) >= 11 is 0. The zero-order chi connectivity index (χ0) is 19.4. The zero-order valence-corrected chi connectivity index (χ0v) is 15.3. The van der Waals surface area contributed by atoms with Crippen molar-refractivity contribution in [2.75, 3.05) is 27.2 Å². The van der Waals surface area contributed by atoms with Crippen LogP contribution in [0, 0.1) is 11.8 Å². The van der Waals surface area contributed by atoms with Gasteiger partial charge in [-0.25, -0.2) is 4.79 Å². The number of nitrogens with one attached hydrogen (secondary N) is 1. The minimum atomic E-state index is -1.07. The molecule has 0 aromatic carbocycles. The fourth-order valence-corrected chi connectivity index (χ4v) is 3.32. The number of likely N-dealkylation sites (tertiary alicyclic amines) is 1. The lowest BCUT2D eigenvalue weighted by molar-refractivity contribution is -0.159. The summed E-state index contributed by atoms with van der Waals surface area (Å²) in [6.07, 6.45) is 3.13. The maximum absolute atomic E-state index is 12.5. The Morgan fingerprint density at radius 1 is 1.15 bits per heavy atom. The van der Waals surface area contributed by atoms with Gasteiger partial charge in [-0.1, -0.05) is 12.8 Å². The van der Waals surface area contributed by atoms with E-state index in [2.05, 4.69) is 5.32 Å². The SMILES string of the molecule is C[C@@H](C(=O)OCC(=O)NCC(=O)N(C)C)N1C(=O)[C@@H]2CCCC[C@H]2C1=O. The summed E-state index contributed by atoms with van der Waals surface area (Å²) in [5, 5.41) is 2.33. The molecule has 2 rings (SSSR count). The van der Waals surface area contributed by atoms with Crippen molar-refractivity contribution >= 4 is 29.6 Å². The molecule has 4 amide bonds. The molecule has 1 heterocycles. The maximum atomic E-state index is 12.5. The molecule has 9 heteroatoms. The van der Waals surface area contributed by atoms with E-state index >= 15 is 0 Å². The standard InChI is InChI=1S/C17H25N3O6/c1-10(17(25)26-9-13(21)18-8-14(22)19(2)3)20-15(23)11-6-4-5-7-12(11)16(20)24/h10-12H,4-9H2,1-3H3,(H,18,21)/t10-,11+,12+/m0/s1. The molecule has 0 spiro atoms. The molecule has 1 N–H and O–H groups in total. The second-order valence-corrected chi connectivity index (χ2v) is 6.89. The number of esters is 1. The number of nitrogens with zero attached hydrogens (tertiary/aromatic N) is 2. The Labute approximate surface area is 152 Å². The van der Waals surface area contributed by atoms with Crippen LogP contribution in [0.2, 0.25) is 0 Å². The fourth-order valence-electron chi connectivity index (χ4n) is 3.32. The van der Waals surface area contributed by atoms with E-state index in [-0.39, 0.29) is 36.1 Å². The molecule has 26 heavy (non-hydrogen) atoms. The van der Waals surface area contributed by atoms with Crippen molar-refractivity contribution in [3.63, 3.8) is 0 Å². The van der Waals surface area contributed by atoms with Gasteiger partial charge in [-0.15, -0.1) is 0 Å². The molecular formula is C17H25N3O6. The molecule has 2 aliphatic rings. The molecule has 2 fully saturated rings. The second kappa shape index (κ2) is 8.29. The predicted octanol–water partition coefficient (Wildman–Crippen LogP) is -0.702. The van der Waals surface area contributed by atoms with Crippen LogP contribution >= 0.6 is 0 Å². The smallest absolute Gasteiger partial charge is 0.329 e. The van der Waals surface area contributed by atoms with Crippen LogP contribution in [0.1, 0.15) is 32.6 Å². The summed E-state index contributed by atoms with van der Waals surface area (Å²) in [7, 11) is 3.11. The third kappa shape index (κ3) is 4.20. The van der Waals surface area contributed by atoms with Gasteiger partial charge in [0.25, 0.3) is 5.91 Å². The first-order chi connectivity index (χ1) is 12.2. The lowest BCUT2D eigenvalue weighted by Gasteiger charge is -2.21. The van der Waals surface area contributed by atoms with Crippen LogP contribution < -0.4 is 5.32 Å². The minimum Gasteiger partial charge on any atom is -0.454 e. The van der Waals surface area contributed by atoms with Gasteiger partial charge in [0, 0.05) is 14.1 Å². The normalized spacial score (nSPS) is 23.3. The van der Waals surface area contributed by atoms with Crippen molar-refractivity contribution in [2.45, 2.75) is 38.6 Å². The molecule has 1 aliphatic heterocycles. The highest BCUT2D eigenvalue weighted by Gasteiger charge is 2.51. The largest absolute Gasteiger partial charge is 0.454 e. The third-order valence-electron chi connectivity index (χ3n) is 4.88. The third-order valence-corrected chi connectivity index (χ3v) is 4.88. The average Bonchev–Trinajstić information content (AvgIpc) is 2.88. The van der Waals surface area contributed by atoms with Crippen LogP contribution in [0.15, 0.2) is 0 Å². The van der Waals surface area contributed by atoms with Gasteiger partial charge in [-0.05, 0) is 19.8 Å². The first-order valence-electron chi connectivity index (χ1n) is 8.74. The van der Waals surface area contributed by atoms with Crippen LogP contribution in [0.3, 0.4) is 0 Å². The predicted molar refractivity (Wildman–Crippen MR) is 89.4 cm³/mol. The van der Waals surface area contributed by atoms with Gasteiger partial charge in [0.1, 0.15) is 6.04 Å². The number of hydrogen-bond donors (Lipinski definition) is 1. The molecule has 1 aliphatic carbocycles. The first-order valence-corrected chi connectivity index (χ1v) is 8.74. The summed E-state index contributed by atoms with van der Waals surface area (Å²) in [5.41, 5.74) is 0.